The molecule has 19 heavy (non-hydrogen) atoms. The van der Waals surface area contributed by atoms with Gasteiger partial charge in [0, 0.05) is 19.1 Å². The highest BCUT2D eigenvalue weighted by molar-refractivity contribution is 5.76. The van der Waals surface area contributed by atoms with Crippen LogP contribution in [0.15, 0.2) is 0 Å². The number of nitrogens with zero attached hydrogens (tertiary/aromatic N) is 1. The number of hydrogen-bond donors (Lipinski definition) is 2. The van der Waals surface area contributed by atoms with Crippen LogP contribution in [0.1, 0.15) is 33.1 Å². The second-order valence-electron chi connectivity index (χ2n) is 5.65. The van der Waals surface area contributed by atoms with Gasteiger partial charge in [0.1, 0.15) is 0 Å². The lowest BCUT2D eigenvalue weighted by Gasteiger charge is -2.36. The molecule has 2 N–H and O–H groups in total. The van der Waals surface area contributed by atoms with E-state index >= 15 is 0 Å². The lowest BCUT2D eigenvalue weighted by atomic mass is 10.1. The van der Waals surface area contributed by atoms with E-state index in [2.05, 4.69) is 5.32 Å². The molecule has 2 fully saturated rings. The van der Waals surface area contributed by atoms with Crippen LogP contribution in [0.5, 0.6) is 0 Å². The number of carbonyl (C=O) groups is 2. The van der Waals surface area contributed by atoms with Crippen molar-refractivity contribution < 1.29 is 19.4 Å². The molecule has 1 heterocycles. The molecule has 0 aromatic carbocycles. The number of urea groups is 1. The summed E-state index contributed by atoms with van der Waals surface area (Å²) in [6.07, 6.45) is 2.07. The van der Waals surface area contributed by atoms with E-state index in [0.29, 0.717) is 19.0 Å². The fraction of sp³-hybridized carbons (Fsp3) is 0.846. The van der Waals surface area contributed by atoms with Gasteiger partial charge in [-0.2, -0.15) is 0 Å². The Morgan fingerprint density at radius 2 is 1.89 bits per heavy atom. The normalized spacial score (nSPS) is 28.8. The Balaban J connectivity index is 1.89. The van der Waals surface area contributed by atoms with Crippen molar-refractivity contribution >= 4 is 12.0 Å². The van der Waals surface area contributed by atoms with Crippen LogP contribution in [0.4, 0.5) is 4.79 Å². The molecule has 0 aromatic heterocycles. The predicted octanol–water partition coefficient (Wildman–Crippen LogP) is 1.06. The smallest absolute Gasteiger partial charge is 0.317 e. The van der Waals surface area contributed by atoms with Gasteiger partial charge in [-0.25, -0.2) is 4.79 Å². The van der Waals surface area contributed by atoms with Gasteiger partial charge in [-0.05, 0) is 32.6 Å². The van der Waals surface area contributed by atoms with Gasteiger partial charge >= 0.3 is 12.0 Å². The molecule has 0 radical (unpaired) electrons. The third-order valence-electron chi connectivity index (χ3n) is 3.60. The summed E-state index contributed by atoms with van der Waals surface area (Å²) >= 11 is 0. The van der Waals surface area contributed by atoms with Crippen LogP contribution in [0.25, 0.3) is 0 Å². The van der Waals surface area contributed by atoms with E-state index in [1.807, 2.05) is 13.8 Å². The van der Waals surface area contributed by atoms with Crippen LogP contribution >= 0.6 is 0 Å². The topological polar surface area (TPSA) is 78.9 Å². The average molecular weight is 270 g/mol. The minimum atomic E-state index is -0.860. The SMILES string of the molecule is C[C@@H]1CN(C(=O)NC(CC(=O)O)C2CC2)C[C@H](C)O1. The fourth-order valence-electron chi connectivity index (χ4n) is 2.62. The molecule has 6 nitrogen and oxygen atoms in total. The van der Waals surface area contributed by atoms with E-state index < -0.39 is 5.97 Å². The minimum absolute atomic E-state index is 0.00581. The Kier molecular flexibility index (Phi) is 4.29. The molecule has 2 aliphatic rings. The molecule has 1 aliphatic heterocycles. The van der Waals surface area contributed by atoms with E-state index in [4.69, 9.17) is 9.84 Å². The average Bonchev–Trinajstić information content (AvgIpc) is 3.09. The summed E-state index contributed by atoms with van der Waals surface area (Å²) in [6, 6.07) is -0.404. The van der Waals surface area contributed by atoms with Gasteiger partial charge in [0.15, 0.2) is 0 Å². The maximum Gasteiger partial charge on any atom is 0.317 e. The van der Waals surface area contributed by atoms with E-state index in [1.165, 1.54) is 0 Å². The maximum atomic E-state index is 12.2. The van der Waals surface area contributed by atoms with Crippen LogP contribution in [0, 0.1) is 5.92 Å². The monoisotopic (exact) mass is 270 g/mol. The quantitative estimate of drug-likeness (QED) is 0.800. The first-order valence-electron chi connectivity index (χ1n) is 6.88. The van der Waals surface area contributed by atoms with Gasteiger partial charge in [0.25, 0.3) is 0 Å². The lowest BCUT2D eigenvalue weighted by Crippen LogP contribution is -2.54. The Bertz CT molecular complexity index is 347. The number of rotatable bonds is 4. The third kappa shape index (κ3) is 4.09. The number of ether oxygens (including phenoxy) is 1. The molecule has 2 amide bonds. The van der Waals surface area contributed by atoms with Crippen molar-refractivity contribution in [3.8, 4) is 0 Å². The van der Waals surface area contributed by atoms with Gasteiger partial charge < -0.3 is 20.1 Å². The van der Waals surface area contributed by atoms with Crippen molar-refractivity contribution in [1.82, 2.24) is 10.2 Å². The Labute approximate surface area is 113 Å². The highest BCUT2D eigenvalue weighted by Gasteiger charge is 2.35. The molecular weight excluding hydrogens is 248 g/mol. The molecule has 3 atom stereocenters. The Hall–Kier alpha value is -1.30. The first-order valence-corrected chi connectivity index (χ1v) is 6.88. The molecule has 1 saturated carbocycles. The zero-order chi connectivity index (χ0) is 14.0. The van der Waals surface area contributed by atoms with Gasteiger partial charge in [0.2, 0.25) is 0 Å². The van der Waals surface area contributed by atoms with E-state index in [0.717, 1.165) is 12.8 Å². The highest BCUT2D eigenvalue weighted by Crippen LogP contribution is 2.34. The second kappa shape index (κ2) is 5.77. The fourth-order valence-corrected chi connectivity index (χ4v) is 2.62. The summed E-state index contributed by atoms with van der Waals surface area (Å²) in [5.41, 5.74) is 0. The zero-order valence-corrected chi connectivity index (χ0v) is 11.5. The Morgan fingerprint density at radius 1 is 1.32 bits per heavy atom. The first-order chi connectivity index (χ1) is 8.95. The summed E-state index contributed by atoms with van der Waals surface area (Å²) in [7, 11) is 0. The van der Waals surface area contributed by atoms with Crippen LogP contribution in [0.3, 0.4) is 0 Å². The van der Waals surface area contributed by atoms with Gasteiger partial charge in [0.05, 0.1) is 18.6 Å². The molecular formula is C13H22N2O4. The lowest BCUT2D eigenvalue weighted by molar-refractivity contribution is -0.137. The van der Waals surface area contributed by atoms with Gasteiger partial charge in [-0.1, -0.05) is 0 Å². The molecule has 1 unspecified atom stereocenters. The standard InChI is InChI=1S/C13H22N2O4/c1-8-6-15(7-9(2)19-8)13(18)14-11(5-12(16)17)10-3-4-10/h8-11H,3-7H2,1-2H3,(H,14,18)(H,16,17)/t8-,9+,11?. The number of carboxylic acids is 1. The maximum absolute atomic E-state index is 12.2. The van der Waals surface area contributed by atoms with Crippen LogP contribution < -0.4 is 5.32 Å². The molecule has 0 spiro atoms. The van der Waals surface area contributed by atoms with Crippen molar-refractivity contribution in [3.63, 3.8) is 0 Å². The van der Waals surface area contributed by atoms with Crippen molar-refractivity contribution in [1.29, 1.82) is 0 Å². The number of carbonyl (C=O) groups excluding carboxylic acids is 1. The van der Waals surface area contributed by atoms with E-state index in [-0.39, 0.29) is 30.7 Å². The summed E-state index contributed by atoms with van der Waals surface area (Å²) < 4.78 is 5.58. The number of carboxylic acid groups (broad SMARTS) is 1. The third-order valence-corrected chi connectivity index (χ3v) is 3.60. The molecule has 1 aliphatic carbocycles. The predicted molar refractivity (Wildman–Crippen MR) is 68.9 cm³/mol. The zero-order valence-electron chi connectivity index (χ0n) is 11.5. The highest BCUT2D eigenvalue weighted by atomic mass is 16.5. The van der Waals surface area contributed by atoms with E-state index in [1.54, 1.807) is 4.90 Å². The number of nitrogens with one attached hydrogen (secondary N) is 1. The molecule has 108 valence electrons. The van der Waals surface area contributed by atoms with Crippen molar-refractivity contribution in [3.05, 3.63) is 0 Å². The molecule has 6 heteroatoms. The minimum Gasteiger partial charge on any atom is -0.481 e. The molecule has 0 aromatic rings. The second-order valence-corrected chi connectivity index (χ2v) is 5.65. The van der Waals surface area contributed by atoms with Crippen molar-refractivity contribution in [2.24, 2.45) is 5.92 Å². The van der Waals surface area contributed by atoms with Crippen molar-refractivity contribution in [2.75, 3.05) is 13.1 Å². The Morgan fingerprint density at radius 3 is 2.37 bits per heavy atom. The number of aliphatic carboxylic acids is 1. The molecule has 2 rings (SSSR count). The van der Waals surface area contributed by atoms with Crippen LogP contribution in [0.2, 0.25) is 0 Å². The van der Waals surface area contributed by atoms with Gasteiger partial charge in [-0.3, -0.25) is 4.79 Å². The van der Waals surface area contributed by atoms with Crippen LogP contribution in [-0.4, -0.2) is 53.3 Å². The number of amides is 2. The van der Waals surface area contributed by atoms with E-state index in [9.17, 15) is 9.59 Å². The number of hydrogen-bond acceptors (Lipinski definition) is 3. The summed E-state index contributed by atoms with van der Waals surface area (Å²) in [4.78, 5) is 24.7. The summed E-state index contributed by atoms with van der Waals surface area (Å²) in [5, 5.41) is 11.8. The number of morpholine rings is 1. The van der Waals surface area contributed by atoms with Gasteiger partial charge in [-0.15, -0.1) is 0 Å². The summed E-state index contributed by atoms with van der Waals surface area (Å²) in [5.74, 6) is -0.531. The largest absolute Gasteiger partial charge is 0.481 e. The first kappa shape index (κ1) is 14.1. The molecule has 0 bridgehead atoms. The van der Waals surface area contributed by atoms with Crippen molar-refractivity contribution in [2.45, 2.75) is 51.4 Å². The summed E-state index contributed by atoms with van der Waals surface area (Å²) in [6.45, 7) is 4.98. The van der Waals surface area contributed by atoms with Crippen LogP contribution in [-0.2, 0) is 9.53 Å². The molecule has 1 saturated heterocycles.